The van der Waals surface area contributed by atoms with E-state index in [1.807, 2.05) is 0 Å². The molecule has 6 unspecified atom stereocenters. The van der Waals surface area contributed by atoms with Gasteiger partial charge in [-0.05, 0) is 114 Å². The van der Waals surface area contributed by atoms with E-state index in [1.54, 1.807) is 0 Å². The van der Waals surface area contributed by atoms with Crippen molar-refractivity contribution in [2.24, 2.45) is 5.92 Å². The predicted octanol–water partition coefficient (Wildman–Crippen LogP) is 13.3. The molecule has 0 radical (unpaired) electrons. The van der Waals surface area contributed by atoms with Crippen LogP contribution in [0.25, 0.3) is 0 Å². The molecule has 0 aliphatic carbocycles. The molecular weight excluding hydrogens is 1600 g/mol. The number of Topliss-reactive ketones (excluding diaryl/α,β-unsaturated/α-hetero) is 2. The fraction of sp³-hybridized carbons (Fsp3) is 0.804. The van der Waals surface area contributed by atoms with Crippen molar-refractivity contribution < 1.29 is 159 Å². The second-order valence-electron chi connectivity index (χ2n) is 32.1. The summed E-state index contributed by atoms with van der Waals surface area (Å²) >= 11 is 0. The van der Waals surface area contributed by atoms with Gasteiger partial charge in [0.05, 0.1) is 77.8 Å². The van der Waals surface area contributed by atoms with Crippen LogP contribution in [0, 0.1) is 5.92 Å². The van der Waals surface area contributed by atoms with Crippen molar-refractivity contribution in [1.29, 1.82) is 0 Å². The number of allylic oxidation sites excluding steroid dienone is 4. The second kappa shape index (κ2) is 83.7. The average molecular weight is 1770 g/mol. The van der Waals surface area contributed by atoms with E-state index in [-0.39, 0.29) is 147 Å². The summed E-state index contributed by atoms with van der Waals surface area (Å²) in [5.74, 6) is -5.75. The number of esters is 2. The van der Waals surface area contributed by atoms with Crippen molar-refractivity contribution in [1.82, 2.24) is 21.3 Å². The summed E-state index contributed by atoms with van der Waals surface area (Å²) in [6, 6.07) is 3.54. The van der Waals surface area contributed by atoms with Crippen LogP contribution in [-0.2, 0) is 90.9 Å². The number of aromatic hydroxyl groups is 1. The SMILES string of the molecule is CCCCCC/C=C\CCCC(=O)OC(CCCCCCC)CCOCC(COP(=O)([O-])OCCNC(=O)C(Cc1ccc(O)cc1)C(=O)NCCOP(=O)([O-])OCC(COCCC(CCCCCCC)OC(=O)CCC/C=C\CCCCCC)NC(=O)CC(=O)CCCCCCCCCCC)NC(=O)CC(=O)CCCCCCCCCCC.[Na+].[Na+]. The number of carbonyl (C=O) groups excluding carboxylic acids is 8. The quantitative estimate of drug-likeness (QED) is 0.0101. The van der Waals surface area contributed by atoms with Gasteiger partial charge in [0.2, 0.25) is 23.6 Å². The van der Waals surface area contributed by atoms with Crippen LogP contribution in [0.3, 0.4) is 0 Å². The largest absolute Gasteiger partial charge is 1.00 e. The van der Waals surface area contributed by atoms with Gasteiger partial charge in [-0.15, -0.1) is 0 Å². The van der Waals surface area contributed by atoms with Gasteiger partial charge in [0.15, 0.2) is 0 Å². The van der Waals surface area contributed by atoms with Gasteiger partial charge in [-0.1, -0.05) is 271 Å². The van der Waals surface area contributed by atoms with Crippen LogP contribution in [0.5, 0.6) is 5.75 Å². The number of rotatable bonds is 86. The summed E-state index contributed by atoms with van der Waals surface area (Å²) in [7, 11) is -10.4. The Bertz CT molecular complexity index is 2750. The summed E-state index contributed by atoms with van der Waals surface area (Å²) in [6.45, 7) is 9.18. The number of phenolic OH excluding ortho intramolecular Hbond substituents is 1. The summed E-state index contributed by atoms with van der Waals surface area (Å²) in [5, 5.41) is 20.4. The molecule has 121 heavy (non-hydrogen) atoms. The number of benzene rings is 1. The van der Waals surface area contributed by atoms with Gasteiger partial charge in [0, 0.05) is 51.6 Å². The van der Waals surface area contributed by atoms with E-state index in [9.17, 15) is 62.4 Å². The Balaban J connectivity index is 0. The van der Waals surface area contributed by atoms with Crippen LogP contribution < -0.4 is 90.2 Å². The van der Waals surface area contributed by atoms with Crippen molar-refractivity contribution in [2.75, 3.05) is 65.9 Å². The number of ketones is 2. The van der Waals surface area contributed by atoms with Gasteiger partial charge in [0.1, 0.15) is 35.4 Å². The molecule has 0 aromatic heterocycles. The van der Waals surface area contributed by atoms with Gasteiger partial charge < -0.3 is 73.2 Å². The van der Waals surface area contributed by atoms with Gasteiger partial charge in [0.25, 0.3) is 15.6 Å². The van der Waals surface area contributed by atoms with Crippen LogP contribution in [0.2, 0.25) is 0 Å². The first kappa shape index (κ1) is 120. The van der Waals surface area contributed by atoms with Gasteiger partial charge in [-0.2, -0.15) is 0 Å². The predicted molar refractivity (Wildman–Crippen MR) is 468 cm³/mol. The molecule has 1 aromatic carbocycles. The topological polar surface area (TPSA) is 359 Å². The Morgan fingerprint density at radius 1 is 0.380 bits per heavy atom. The number of hydrogen-bond acceptors (Lipinski definition) is 21. The molecule has 0 saturated heterocycles. The molecule has 0 fully saturated rings. The molecule has 1 aromatic rings. The first-order valence-electron chi connectivity index (χ1n) is 46.6. The number of hydrogen-bond donors (Lipinski definition) is 5. The number of phosphoric acid groups is 2. The van der Waals surface area contributed by atoms with Crippen LogP contribution in [0.1, 0.15) is 381 Å². The van der Waals surface area contributed by atoms with Crippen molar-refractivity contribution in [3.05, 3.63) is 54.1 Å². The second-order valence-corrected chi connectivity index (χ2v) is 34.9. The van der Waals surface area contributed by atoms with Crippen LogP contribution in [0.15, 0.2) is 48.6 Å². The van der Waals surface area contributed by atoms with E-state index >= 15 is 0 Å². The maximum absolute atomic E-state index is 13.9. The maximum Gasteiger partial charge on any atom is 1.00 e. The van der Waals surface area contributed by atoms with Gasteiger partial charge >= 0.3 is 71.1 Å². The molecular formula is C92H162N4Na2O21P2. The minimum Gasteiger partial charge on any atom is -0.756 e. The van der Waals surface area contributed by atoms with Gasteiger partial charge in [-0.3, -0.25) is 47.5 Å². The number of amides is 4. The molecule has 25 nitrogen and oxygen atoms in total. The number of phenols is 1. The molecule has 0 aliphatic heterocycles. The zero-order chi connectivity index (χ0) is 87.4. The zero-order valence-corrected chi connectivity index (χ0v) is 82.3. The third-order valence-corrected chi connectivity index (χ3v) is 22.6. The number of phosphoric ester groups is 2. The fourth-order valence-electron chi connectivity index (χ4n) is 13.6. The standard InChI is InChI=1S/C92H164N4O21P2.2Na/c1-7-13-19-25-29-33-37-43-47-53-82(98)72-87(100)95-79(74-110-67-63-84(55-49-41-23-17-11-5)116-89(102)57-51-45-39-35-31-27-21-15-9-3)76-114-118(106,107)112-69-65-93-91(104)86(71-78-59-61-81(97)62-60-78)92(105)94-66-70-113-119(108,109)115-77-80(96-88(101)73-83(99)54-48-44-38-34-30-26-20-14-8-2)75-111-68-64-85(56-50-42-24-18-12-6)117-90(103)58-52-46-40-36-32-28-22-16-10-4;;/h35-36,39-40,59-62,79-80,84-86,97H,7-34,37-38,41-58,63-77H2,1-6H3,(H,93,104)(H,94,105)(H,95,100)(H,96,101)(H,106,107)(H,108,109);;/q;2*+1/p-2/b39-35-,40-36-;;. The minimum absolute atomic E-state index is 0. The van der Waals surface area contributed by atoms with Crippen molar-refractivity contribution in [2.45, 2.75) is 406 Å². The van der Waals surface area contributed by atoms with E-state index in [1.165, 1.54) is 114 Å². The first-order chi connectivity index (χ1) is 57.6. The van der Waals surface area contributed by atoms with Crippen LogP contribution >= 0.6 is 15.6 Å². The van der Waals surface area contributed by atoms with Crippen molar-refractivity contribution >= 4 is 62.8 Å². The number of nitrogens with one attached hydrogen (secondary N) is 4. The summed E-state index contributed by atoms with van der Waals surface area (Å²) in [5.41, 5.74) is 0.445. The average Bonchev–Trinajstić information content (AvgIpc) is 0.865. The third kappa shape index (κ3) is 75.5. The molecule has 0 spiro atoms. The summed E-state index contributed by atoms with van der Waals surface area (Å²) in [6.07, 6.45) is 53.2. The van der Waals surface area contributed by atoms with E-state index in [0.29, 0.717) is 56.9 Å². The molecule has 0 bridgehead atoms. The molecule has 1 rings (SSSR count). The van der Waals surface area contributed by atoms with Crippen molar-refractivity contribution in [3.63, 3.8) is 0 Å². The van der Waals surface area contributed by atoms with E-state index < -0.39 is 122 Å². The zero-order valence-electron chi connectivity index (χ0n) is 76.6. The van der Waals surface area contributed by atoms with E-state index in [4.69, 9.17) is 37.0 Å². The monoisotopic (exact) mass is 1770 g/mol. The number of ether oxygens (including phenoxy) is 4. The van der Waals surface area contributed by atoms with Gasteiger partial charge in [-0.25, -0.2) is 0 Å². The Labute approximate surface area is 774 Å². The summed E-state index contributed by atoms with van der Waals surface area (Å²) < 4.78 is 71.4. The number of carbonyl (C=O) groups is 8. The normalized spacial score (nSPS) is 13.7. The van der Waals surface area contributed by atoms with Crippen molar-refractivity contribution in [3.8, 4) is 5.75 Å². The van der Waals surface area contributed by atoms with Crippen LogP contribution in [-0.4, -0.2) is 142 Å². The molecule has 0 aliphatic rings. The van der Waals surface area contributed by atoms with Crippen LogP contribution in [0.4, 0.5) is 0 Å². The Morgan fingerprint density at radius 3 is 1.04 bits per heavy atom. The molecule has 6 atom stereocenters. The maximum atomic E-state index is 13.9. The summed E-state index contributed by atoms with van der Waals surface area (Å²) in [4.78, 5) is 133. The molecule has 688 valence electrons. The molecule has 29 heteroatoms. The smallest absolute Gasteiger partial charge is 0.756 e. The third-order valence-electron chi connectivity index (χ3n) is 20.7. The Kier molecular flexibility index (Phi) is 82.9. The number of unbranched alkanes of at least 4 members (excludes halogenated alkanes) is 34. The Morgan fingerprint density at radius 2 is 0.694 bits per heavy atom. The molecule has 4 amide bonds. The first-order valence-corrected chi connectivity index (χ1v) is 49.5. The molecule has 5 N–H and O–H groups in total. The molecule has 0 heterocycles. The Hall–Kier alpha value is -3.20. The van der Waals surface area contributed by atoms with E-state index in [2.05, 4.69) is 87.1 Å². The minimum atomic E-state index is -5.18. The molecule has 0 saturated carbocycles. The van der Waals surface area contributed by atoms with E-state index in [0.717, 1.165) is 154 Å². The fourth-order valence-corrected chi connectivity index (χ4v) is 15.1.